The van der Waals surface area contributed by atoms with Crippen LogP contribution in [-0.2, 0) is 17.6 Å². The van der Waals surface area contributed by atoms with E-state index in [1.165, 1.54) is 39.8 Å². The van der Waals surface area contributed by atoms with Crippen molar-refractivity contribution >= 4 is 27.5 Å². The fraction of sp³-hybridized carbons (Fsp3) is 0.333. The van der Waals surface area contributed by atoms with E-state index in [-0.39, 0.29) is 6.42 Å². The number of thiophene rings is 1. The molecule has 1 N–H and O–H groups in total. The minimum Gasteiger partial charge on any atom is -0.481 e. The summed E-state index contributed by atoms with van der Waals surface area (Å²) in [6.45, 7) is 4.10. The second-order valence-electron chi connectivity index (χ2n) is 7.40. The zero-order chi connectivity index (χ0) is 19.7. The SMILES string of the molecule is Cc1ccc(-c2c(C#CCCC(=O)O)c(C)nc3sc4c(c23)CCCC4)cc1. The molecule has 1 aliphatic carbocycles. The van der Waals surface area contributed by atoms with Crippen molar-refractivity contribution in [2.45, 2.75) is 52.4 Å². The van der Waals surface area contributed by atoms with Gasteiger partial charge < -0.3 is 5.11 Å². The number of carboxylic acid groups (broad SMARTS) is 1. The van der Waals surface area contributed by atoms with Crippen molar-refractivity contribution in [3.63, 3.8) is 0 Å². The maximum absolute atomic E-state index is 10.8. The van der Waals surface area contributed by atoms with Crippen molar-refractivity contribution in [3.05, 3.63) is 51.5 Å². The number of benzene rings is 1. The molecule has 0 bridgehead atoms. The first kappa shape index (κ1) is 18.7. The third-order valence-corrected chi connectivity index (χ3v) is 6.49. The van der Waals surface area contributed by atoms with Gasteiger partial charge in [0.1, 0.15) is 4.83 Å². The van der Waals surface area contributed by atoms with E-state index in [1.807, 2.05) is 18.3 Å². The number of aliphatic carboxylic acids is 1. The zero-order valence-electron chi connectivity index (χ0n) is 16.3. The lowest BCUT2D eigenvalue weighted by Crippen LogP contribution is -2.00. The van der Waals surface area contributed by atoms with Crippen LogP contribution in [0.4, 0.5) is 0 Å². The Balaban J connectivity index is 1.96. The highest BCUT2D eigenvalue weighted by Crippen LogP contribution is 2.42. The zero-order valence-corrected chi connectivity index (χ0v) is 17.1. The molecule has 4 heteroatoms. The molecular formula is C24H23NO2S. The number of aryl methyl sites for hydroxylation is 4. The number of aromatic nitrogens is 1. The van der Waals surface area contributed by atoms with Crippen LogP contribution in [0.15, 0.2) is 24.3 Å². The molecule has 0 unspecified atom stereocenters. The van der Waals surface area contributed by atoms with Crippen LogP contribution >= 0.6 is 11.3 Å². The van der Waals surface area contributed by atoms with E-state index in [0.29, 0.717) is 6.42 Å². The second-order valence-corrected chi connectivity index (χ2v) is 8.48. The van der Waals surface area contributed by atoms with Crippen molar-refractivity contribution in [2.75, 3.05) is 0 Å². The van der Waals surface area contributed by atoms with Crippen molar-refractivity contribution < 1.29 is 9.90 Å². The maximum Gasteiger partial charge on any atom is 0.304 e. The van der Waals surface area contributed by atoms with Crippen molar-refractivity contribution in [1.29, 1.82) is 0 Å². The van der Waals surface area contributed by atoms with Crippen molar-refractivity contribution in [3.8, 4) is 23.0 Å². The summed E-state index contributed by atoms with van der Waals surface area (Å²) in [7, 11) is 0. The molecule has 0 saturated carbocycles. The molecule has 2 heterocycles. The predicted molar refractivity (Wildman–Crippen MR) is 115 cm³/mol. The van der Waals surface area contributed by atoms with Gasteiger partial charge in [0.25, 0.3) is 0 Å². The van der Waals surface area contributed by atoms with E-state index in [2.05, 4.69) is 43.0 Å². The summed E-state index contributed by atoms with van der Waals surface area (Å²) < 4.78 is 0. The third kappa shape index (κ3) is 3.55. The van der Waals surface area contributed by atoms with Gasteiger partial charge in [-0.3, -0.25) is 4.79 Å². The lowest BCUT2D eigenvalue weighted by Gasteiger charge is -2.15. The van der Waals surface area contributed by atoms with Gasteiger partial charge in [0.05, 0.1) is 17.7 Å². The fourth-order valence-electron chi connectivity index (χ4n) is 3.88. The number of nitrogens with zero attached hydrogens (tertiary/aromatic N) is 1. The number of fused-ring (bicyclic) bond motifs is 3. The standard InChI is InChI=1S/C24H23NO2S/c1-15-11-13-17(14-12-15)22-18(7-4-6-10-21(26)27)16(2)25-24-23(22)19-8-3-5-9-20(19)28-24/h11-14H,3,5-6,8-10H2,1-2H3,(H,26,27). The molecule has 142 valence electrons. The monoisotopic (exact) mass is 389 g/mol. The molecule has 3 aromatic rings. The number of rotatable bonds is 3. The Bertz CT molecular complexity index is 1110. The van der Waals surface area contributed by atoms with Crippen LogP contribution < -0.4 is 0 Å². The highest BCUT2D eigenvalue weighted by molar-refractivity contribution is 7.19. The summed E-state index contributed by atoms with van der Waals surface area (Å²) in [6, 6.07) is 8.60. The molecule has 4 rings (SSSR count). The van der Waals surface area contributed by atoms with E-state index in [0.717, 1.165) is 34.5 Å². The molecule has 0 aliphatic heterocycles. The predicted octanol–water partition coefficient (Wildman–Crippen LogP) is 5.68. The second kappa shape index (κ2) is 7.77. The summed E-state index contributed by atoms with van der Waals surface area (Å²) >= 11 is 1.83. The van der Waals surface area contributed by atoms with Crippen molar-refractivity contribution in [2.24, 2.45) is 0 Å². The first-order valence-corrected chi connectivity index (χ1v) is 10.6. The topological polar surface area (TPSA) is 50.2 Å². The van der Waals surface area contributed by atoms with Crippen LogP contribution in [0.3, 0.4) is 0 Å². The van der Waals surface area contributed by atoms with Gasteiger partial charge in [-0.05, 0) is 50.7 Å². The quantitative estimate of drug-likeness (QED) is 0.587. The minimum atomic E-state index is -0.815. The number of carboxylic acids is 1. The smallest absolute Gasteiger partial charge is 0.304 e. The molecule has 3 nitrogen and oxygen atoms in total. The Hall–Kier alpha value is -2.64. The first-order chi connectivity index (χ1) is 13.5. The number of hydrogen-bond acceptors (Lipinski definition) is 3. The first-order valence-electron chi connectivity index (χ1n) is 9.77. The van der Waals surface area contributed by atoms with Gasteiger partial charge in [-0.15, -0.1) is 11.3 Å². The van der Waals surface area contributed by atoms with E-state index < -0.39 is 5.97 Å². The van der Waals surface area contributed by atoms with E-state index in [4.69, 9.17) is 10.1 Å². The normalized spacial score (nSPS) is 13.1. The fourth-order valence-corrected chi connectivity index (χ4v) is 5.20. The van der Waals surface area contributed by atoms with Crippen LogP contribution in [0.2, 0.25) is 0 Å². The van der Waals surface area contributed by atoms with Gasteiger partial charge in [-0.1, -0.05) is 41.7 Å². The maximum atomic E-state index is 10.8. The lowest BCUT2D eigenvalue weighted by atomic mass is 9.89. The van der Waals surface area contributed by atoms with Gasteiger partial charge in [0.2, 0.25) is 0 Å². The molecule has 0 fully saturated rings. The summed E-state index contributed by atoms with van der Waals surface area (Å²) in [4.78, 5) is 18.3. The molecule has 0 spiro atoms. The summed E-state index contributed by atoms with van der Waals surface area (Å²) in [5.74, 6) is 5.52. The molecule has 1 aliphatic rings. The Morgan fingerprint density at radius 3 is 2.68 bits per heavy atom. The van der Waals surface area contributed by atoms with Gasteiger partial charge in [0.15, 0.2) is 0 Å². The van der Waals surface area contributed by atoms with Crippen LogP contribution in [-0.4, -0.2) is 16.1 Å². The van der Waals surface area contributed by atoms with Crippen LogP contribution in [0.25, 0.3) is 21.3 Å². The molecule has 0 radical (unpaired) electrons. The Kier molecular flexibility index (Phi) is 5.19. The average Bonchev–Trinajstić information content (AvgIpc) is 3.03. The van der Waals surface area contributed by atoms with Crippen LogP contribution in [0, 0.1) is 25.7 Å². The van der Waals surface area contributed by atoms with E-state index in [9.17, 15) is 4.79 Å². The van der Waals surface area contributed by atoms with Crippen LogP contribution in [0.1, 0.15) is 52.9 Å². The van der Waals surface area contributed by atoms with E-state index >= 15 is 0 Å². The van der Waals surface area contributed by atoms with Gasteiger partial charge in [0, 0.05) is 22.2 Å². The van der Waals surface area contributed by atoms with Crippen molar-refractivity contribution in [1.82, 2.24) is 4.98 Å². The third-order valence-electron chi connectivity index (χ3n) is 5.30. The molecule has 0 amide bonds. The molecule has 0 atom stereocenters. The summed E-state index contributed by atoms with van der Waals surface area (Å²) in [5, 5.41) is 10.2. The molecule has 28 heavy (non-hydrogen) atoms. The van der Waals surface area contributed by atoms with Gasteiger partial charge in [-0.2, -0.15) is 0 Å². The molecule has 0 saturated heterocycles. The highest BCUT2D eigenvalue weighted by atomic mass is 32.1. The minimum absolute atomic E-state index is 0.0649. The Labute approximate surface area is 169 Å². The number of pyridine rings is 1. The number of carbonyl (C=O) groups is 1. The molecule has 1 aromatic carbocycles. The average molecular weight is 390 g/mol. The Morgan fingerprint density at radius 1 is 1.18 bits per heavy atom. The highest BCUT2D eigenvalue weighted by Gasteiger charge is 2.23. The molecular weight excluding hydrogens is 366 g/mol. The van der Waals surface area contributed by atoms with Gasteiger partial charge >= 0.3 is 5.97 Å². The molecule has 2 aromatic heterocycles. The lowest BCUT2D eigenvalue weighted by molar-refractivity contribution is -0.136. The number of hydrogen-bond donors (Lipinski definition) is 1. The largest absolute Gasteiger partial charge is 0.481 e. The van der Waals surface area contributed by atoms with Crippen LogP contribution in [0.5, 0.6) is 0 Å². The van der Waals surface area contributed by atoms with Gasteiger partial charge in [-0.25, -0.2) is 4.98 Å². The Morgan fingerprint density at radius 2 is 1.93 bits per heavy atom. The van der Waals surface area contributed by atoms with E-state index in [1.54, 1.807) is 0 Å². The summed E-state index contributed by atoms with van der Waals surface area (Å²) in [5.41, 5.74) is 6.87. The summed E-state index contributed by atoms with van der Waals surface area (Å²) in [6.07, 6.45) is 5.13.